The molecule has 0 aliphatic carbocycles. The van der Waals surface area contributed by atoms with Gasteiger partial charge >= 0.3 is 11.9 Å². The zero-order chi connectivity index (χ0) is 26.9. The first-order chi connectivity index (χ1) is 17.3. The van der Waals surface area contributed by atoms with Crippen LogP contribution in [0.15, 0.2) is 0 Å². The molecule has 214 valence electrons. The summed E-state index contributed by atoms with van der Waals surface area (Å²) in [5, 5.41) is 0. The van der Waals surface area contributed by atoms with Crippen LogP contribution >= 0.6 is 0 Å². The number of quaternary nitrogens is 1. The van der Waals surface area contributed by atoms with Gasteiger partial charge < -0.3 is 14.0 Å². The van der Waals surface area contributed by atoms with E-state index in [2.05, 4.69) is 25.9 Å². The van der Waals surface area contributed by atoms with E-state index in [1.807, 2.05) is 0 Å². The lowest BCUT2D eigenvalue weighted by atomic mass is 10.0. The summed E-state index contributed by atoms with van der Waals surface area (Å²) in [7, 11) is 7.40. The molecule has 0 fully saturated rings. The molecule has 0 aliphatic rings. The molecule has 0 aromatic rings. The molecular formula is C30H61N2O4+. The van der Waals surface area contributed by atoms with Crippen LogP contribution in [0.1, 0.15) is 122 Å². The van der Waals surface area contributed by atoms with Gasteiger partial charge in [0.1, 0.15) is 0 Å². The number of rotatable bonds is 26. The largest absolute Gasteiger partial charge is 0.469 e. The van der Waals surface area contributed by atoms with Gasteiger partial charge in [-0.25, -0.2) is 0 Å². The second kappa shape index (κ2) is 24.2. The fraction of sp³-hybridized carbons (Fsp3) is 0.933. The predicted molar refractivity (Wildman–Crippen MR) is 151 cm³/mol. The second-order valence-electron chi connectivity index (χ2n) is 11.2. The normalized spacial score (nSPS) is 11.7. The molecular weight excluding hydrogens is 452 g/mol. The van der Waals surface area contributed by atoms with Crippen molar-refractivity contribution in [2.75, 3.05) is 61.0 Å². The Balaban J connectivity index is 3.80. The summed E-state index contributed by atoms with van der Waals surface area (Å²) in [6.07, 6.45) is 23.0. The SMILES string of the molecule is CCCCCCCCCCCCCCCCCC[N+](C)(C)CCN(CCC(=O)OC)CCC(=O)OC. The fourth-order valence-electron chi connectivity index (χ4n) is 4.65. The van der Waals surface area contributed by atoms with Crippen LogP contribution in [-0.4, -0.2) is 82.4 Å². The highest BCUT2D eigenvalue weighted by Crippen LogP contribution is 2.14. The van der Waals surface area contributed by atoms with Crippen LogP contribution in [0, 0.1) is 0 Å². The molecule has 0 N–H and O–H groups in total. The first-order valence-corrected chi connectivity index (χ1v) is 15.0. The van der Waals surface area contributed by atoms with Crippen LogP contribution in [0.3, 0.4) is 0 Å². The first kappa shape index (κ1) is 34.9. The smallest absolute Gasteiger partial charge is 0.306 e. The number of hydrogen-bond acceptors (Lipinski definition) is 5. The zero-order valence-corrected chi connectivity index (χ0v) is 24.8. The third-order valence-corrected chi connectivity index (χ3v) is 7.36. The molecule has 0 bridgehead atoms. The predicted octanol–water partition coefficient (Wildman–Crippen LogP) is 6.75. The summed E-state index contributed by atoms with van der Waals surface area (Å²) in [4.78, 5) is 25.3. The van der Waals surface area contributed by atoms with Crippen molar-refractivity contribution >= 4 is 11.9 Å². The fourth-order valence-corrected chi connectivity index (χ4v) is 4.65. The van der Waals surface area contributed by atoms with E-state index < -0.39 is 0 Å². The third-order valence-electron chi connectivity index (χ3n) is 7.36. The average Bonchev–Trinajstić information content (AvgIpc) is 2.87. The lowest BCUT2D eigenvalue weighted by molar-refractivity contribution is -0.890. The number of hydrogen-bond donors (Lipinski definition) is 0. The van der Waals surface area contributed by atoms with E-state index in [0.29, 0.717) is 25.9 Å². The Bertz CT molecular complexity index is 505. The molecule has 0 saturated carbocycles. The molecule has 0 aromatic carbocycles. The van der Waals surface area contributed by atoms with Gasteiger partial charge in [0.2, 0.25) is 0 Å². The van der Waals surface area contributed by atoms with Crippen LogP contribution in [0.5, 0.6) is 0 Å². The van der Waals surface area contributed by atoms with Crippen molar-refractivity contribution in [3.05, 3.63) is 0 Å². The van der Waals surface area contributed by atoms with Crippen LogP contribution in [0.2, 0.25) is 0 Å². The number of nitrogens with zero attached hydrogens (tertiary/aromatic N) is 2. The number of carbonyl (C=O) groups is 2. The molecule has 36 heavy (non-hydrogen) atoms. The summed E-state index contributed by atoms with van der Waals surface area (Å²) in [6.45, 7) is 6.54. The van der Waals surface area contributed by atoms with Crippen molar-refractivity contribution in [1.82, 2.24) is 4.90 Å². The van der Waals surface area contributed by atoms with E-state index >= 15 is 0 Å². The zero-order valence-electron chi connectivity index (χ0n) is 24.8. The summed E-state index contributed by atoms with van der Waals surface area (Å²) >= 11 is 0. The molecule has 0 unspecified atom stereocenters. The summed E-state index contributed by atoms with van der Waals surface area (Å²) in [6, 6.07) is 0. The van der Waals surface area contributed by atoms with Crippen molar-refractivity contribution in [2.45, 2.75) is 122 Å². The first-order valence-electron chi connectivity index (χ1n) is 15.0. The molecule has 0 spiro atoms. The molecule has 0 heterocycles. The van der Waals surface area contributed by atoms with Crippen molar-refractivity contribution < 1.29 is 23.5 Å². The maximum absolute atomic E-state index is 11.5. The van der Waals surface area contributed by atoms with Crippen LogP contribution in [0.25, 0.3) is 0 Å². The van der Waals surface area contributed by atoms with E-state index in [-0.39, 0.29) is 11.9 Å². The van der Waals surface area contributed by atoms with Gasteiger partial charge in [0.25, 0.3) is 0 Å². The second-order valence-corrected chi connectivity index (χ2v) is 11.2. The van der Waals surface area contributed by atoms with Gasteiger partial charge in [0, 0.05) is 19.6 Å². The van der Waals surface area contributed by atoms with Gasteiger partial charge in [0.15, 0.2) is 0 Å². The van der Waals surface area contributed by atoms with E-state index in [1.54, 1.807) is 0 Å². The van der Waals surface area contributed by atoms with Gasteiger partial charge in [0.05, 0.1) is 54.2 Å². The summed E-state index contributed by atoms with van der Waals surface area (Å²) in [5.41, 5.74) is 0. The Morgan fingerprint density at radius 3 is 1.28 bits per heavy atom. The molecule has 0 aliphatic heterocycles. The van der Waals surface area contributed by atoms with Gasteiger partial charge in [-0.1, -0.05) is 96.8 Å². The minimum absolute atomic E-state index is 0.208. The maximum atomic E-state index is 11.5. The number of carbonyl (C=O) groups excluding carboxylic acids is 2. The molecule has 0 atom stereocenters. The van der Waals surface area contributed by atoms with E-state index in [1.165, 1.54) is 123 Å². The Kier molecular flexibility index (Phi) is 23.4. The Morgan fingerprint density at radius 2 is 0.917 bits per heavy atom. The van der Waals surface area contributed by atoms with Gasteiger partial charge in [-0.2, -0.15) is 0 Å². The molecule has 0 aromatic heterocycles. The lowest BCUT2D eigenvalue weighted by Gasteiger charge is -2.32. The highest BCUT2D eigenvalue weighted by atomic mass is 16.5. The molecule has 0 amide bonds. The molecule has 0 radical (unpaired) electrons. The van der Waals surface area contributed by atoms with Crippen LogP contribution in [0.4, 0.5) is 0 Å². The van der Waals surface area contributed by atoms with E-state index in [9.17, 15) is 9.59 Å². The molecule has 0 saturated heterocycles. The Labute approximate surface area is 224 Å². The van der Waals surface area contributed by atoms with Crippen molar-refractivity contribution in [2.24, 2.45) is 0 Å². The topological polar surface area (TPSA) is 55.8 Å². The van der Waals surface area contributed by atoms with Crippen LogP contribution < -0.4 is 0 Å². The van der Waals surface area contributed by atoms with Crippen molar-refractivity contribution in [3.8, 4) is 0 Å². The third kappa shape index (κ3) is 23.3. The van der Waals surface area contributed by atoms with Gasteiger partial charge in [-0.3, -0.25) is 14.5 Å². The monoisotopic (exact) mass is 513 g/mol. The highest BCUT2D eigenvalue weighted by Gasteiger charge is 2.18. The number of esters is 2. The minimum atomic E-state index is -0.208. The maximum Gasteiger partial charge on any atom is 0.306 e. The number of ether oxygens (including phenoxy) is 2. The molecule has 6 heteroatoms. The van der Waals surface area contributed by atoms with Crippen molar-refractivity contribution in [1.29, 1.82) is 0 Å². The van der Waals surface area contributed by atoms with E-state index in [0.717, 1.165) is 17.6 Å². The Hall–Kier alpha value is -1.14. The quantitative estimate of drug-likeness (QED) is 0.0727. The standard InChI is InChI=1S/C30H61N2O4/c1-6-7-8-9-10-11-12-13-14-15-16-17-18-19-20-21-27-32(2,3)28-26-31(24-22-29(33)35-4)25-23-30(34)36-5/h6-28H2,1-5H3/q+1. The van der Waals surface area contributed by atoms with Gasteiger partial charge in [-0.15, -0.1) is 0 Å². The summed E-state index contributed by atoms with van der Waals surface area (Å²) in [5.74, 6) is -0.417. The summed E-state index contributed by atoms with van der Waals surface area (Å²) < 4.78 is 10.5. The number of likely N-dealkylation sites (N-methyl/N-ethyl adjacent to an activating group) is 1. The van der Waals surface area contributed by atoms with E-state index in [4.69, 9.17) is 9.47 Å². The molecule has 0 rings (SSSR count). The van der Waals surface area contributed by atoms with Crippen molar-refractivity contribution in [3.63, 3.8) is 0 Å². The highest BCUT2D eigenvalue weighted by molar-refractivity contribution is 5.70. The number of methoxy groups -OCH3 is 2. The minimum Gasteiger partial charge on any atom is -0.469 e. The molecule has 6 nitrogen and oxygen atoms in total. The Morgan fingerprint density at radius 1 is 0.556 bits per heavy atom. The van der Waals surface area contributed by atoms with Gasteiger partial charge in [-0.05, 0) is 12.8 Å². The number of unbranched alkanes of at least 4 members (excludes halogenated alkanes) is 15. The lowest BCUT2D eigenvalue weighted by Crippen LogP contribution is -2.46. The van der Waals surface area contributed by atoms with Crippen LogP contribution in [-0.2, 0) is 19.1 Å². The average molecular weight is 514 g/mol.